The van der Waals surface area contributed by atoms with E-state index in [9.17, 15) is 4.79 Å². The highest BCUT2D eigenvalue weighted by Gasteiger charge is 2.16. The Kier molecular flexibility index (Phi) is 4.97. The number of ether oxygens (including phenoxy) is 1. The molecule has 1 atom stereocenters. The monoisotopic (exact) mass is 315 g/mol. The summed E-state index contributed by atoms with van der Waals surface area (Å²) in [6, 6.07) is 5.42. The van der Waals surface area contributed by atoms with E-state index >= 15 is 0 Å². The summed E-state index contributed by atoms with van der Waals surface area (Å²) in [5.41, 5.74) is 0.832. The molecule has 1 unspecified atom stereocenters. The summed E-state index contributed by atoms with van der Waals surface area (Å²) in [6.45, 7) is 2.68. The number of nitrogens with one attached hydrogen (secondary N) is 1. The molecule has 7 nitrogen and oxygen atoms in total. The molecule has 1 amide bonds. The minimum absolute atomic E-state index is 0.0407. The molecule has 2 aromatic heterocycles. The Labute approximate surface area is 135 Å². The first-order valence-electron chi connectivity index (χ1n) is 7.98. The molecule has 23 heavy (non-hydrogen) atoms. The van der Waals surface area contributed by atoms with Crippen molar-refractivity contribution < 1.29 is 9.53 Å². The largest absolute Gasteiger partial charge is 0.378 e. The predicted molar refractivity (Wildman–Crippen MR) is 85.3 cm³/mol. The molecule has 122 valence electrons. The first kappa shape index (κ1) is 15.6. The zero-order valence-electron chi connectivity index (χ0n) is 13.2. The minimum Gasteiger partial charge on any atom is -0.378 e. The molecule has 3 rings (SSSR count). The molecular weight excluding hydrogens is 294 g/mol. The third kappa shape index (κ3) is 4.13. The lowest BCUT2D eigenvalue weighted by atomic mass is 10.0. The van der Waals surface area contributed by atoms with Gasteiger partial charge in [0.15, 0.2) is 5.82 Å². The van der Waals surface area contributed by atoms with E-state index in [0.29, 0.717) is 18.1 Å². The van der Waals surface area contributed by atoms with Gasteiger partial charge in [-0.25, -0.2) is 0 Å². The minimum atomic E-state index is -0.0407. The Morgan fingerprint density at radius 1 is 1.35 bits per heavy atom. The second-order valence-corrected chi connectivity index (χ2v) is 5.74. The first-order valence-corrected chi connectivity index (χ1v) is 7.98. The van der Waals surface area contributed by atoms with E-state index in [1.807, 2.05) is 19.1 Å². The van der Waals surface area contributed by atoms with Gasteiger partial charge in [-0.1, -0.05) is 0 Å². The number of nitrogens with zero attached hydrogens (tertiary/aromatic N) is 4. The van der Waals surface area contributed by atoms with Crippen LogP contribution in [0.2, 0.25) is 0 Å². The maximum Gasteiger partial charge on any atom is 0.225 e. The van der Waals surface area contributed by atoms with Crippen molar-refractivity contribution in [2.45, 2.75) is 45.1 Å². The third-order valence-corrected chi connectivity index (χ3v) is 3.88. The number of anilines is 1. The van der Waals surface area contributed by atoms with Crippen LogP contribution in [0.15, 0.2) is 24.4 Å². The Morgan fingerprint density at radius 2 is 2.26 bits per heavy atom. The summed E-state index contributed by atoms with van der Waals surface area (Å²) < 4.78 is 7.22. The zero-order valence-corrected chi connectivity index (χ0v) is 13.2. The topological polar surface area (TPSA) is 81.9 Å². The van der Waals surface area contributed by atoms with E-state index < -0.39 is 0 Å². The van der Waals surface area contributed by atoms with Gasteiger partial charge in [-0.15, -0.1) is 5.10 Å². The van der Waals surface area contributed by atoms with E-state index in [-0.39, 0.29) is 12.0 Å². The van der Waals surface area contributed by atoms with E-state index in [0.717, 1.165) is 31.6 Å². The fourth-order valence-corrected chi connectivity index (χ4v) is 2.62. The van der Waals surface area contributed by atoms with Crippen LogP contribution in [0.1, 0.15) is 37.8 Å². The second-order valence-electron chi connectivity index (χ2n) is 5.74. The van der Waals surface area contributed by atoms with Gasteiger partial charge >= 0.3 is 0 Å². The molecule has 0 radical (unpaired) electrons. The van der Waals surface area contributed by atoms with Crippen LogP contribution in [0, 0.1) is 6.92 Å². The van der Waals surface area contributed by atoms with Gasteiger partial charge in [-0.2, -0.15) is 14.9 Å². The van der Waals surface area contributed by atoms with Gasteiger partial charge in [0.05, 0.1) is 18.0 Å². The van der Waals surface area contributed by atoms with Crippen molar-refractivity contribution >= 4 is 11.7 Å². The summed E-state index contributed by atoms with van der Waals surface area (Å²) >= 11 is 0. The lowest BCUT2D eigenvalue weighted by molar-refractivity contribution is -0.117. The number of carbonyl (C=O) groups is 1. The maximum atomic E-state index is 12.1. The summed E-state index contributed by atoms with van der Waals surface area (Å²) in [4.78, 5) is 12.1. The summed E-state index contributed by atoms with van der Waals surface area (Å²) in [5.74, 6) is 1.13. The van der Waals surface area contributed by atoms with E-state index in [1.165, 1.54) is 6.42 Å². The summed E-state index contributed by atoms with van der Waals surface area (Å²) in [7, 11) is 0. The fraction of sp³-hybridized carbons (Fsp3) is 0.500. The number of carbonyl (C=O) groups excluding carboxylic acids is 1. The standard InChI is InChI=1S/C16H21N5O2/c1-12-5-7-15(20-19-12)21-14(9-10-17-21)18-16(22)8-6-13-4-2-3-11-23-13/h5,7,9-10,13H,2-4,6,8,11H2,1H3,(H,18,22). The Hall–Kier alpha value is -2.28. The molecule has 1 fully saturated rings. The predicted octanol–water partition coefficient (Wildman–Crippen LogP) is 2.26. The maximum absolute atomic E-state index is 12.1. The van der Waals surface area contributed by atoms with Crippen molar-refractivity contribution in [1.82, 2.24) is 20.0 Å². The highest BCUT2D eigenvalue weighted by Crippen LogP contribution is 2.18. The Bertz CT molecular complexity index is 647. The van der Waals surface area contributed by atoms with Crippen molar-refractivity contribution in [3.63, 3.8) is 0 Å². The Morgan fingerprint density at radius 3 is 3.00 bits per heavy atom. The van der Waals surface area contributed by atoms with E-state index in [1.54, 1.807) is 16.9 Å². The molecule has 0 aromatic carbocycles. The number of rotatable bonds is 5. The molecule has 1 aliphatic heterocycles. The van der Waals surface area contributed by atoms with Crippen LogP contribution in [0.4, 0.5) is 5.82 Å². The molecule has 0 saturated carbocycles. The van der Waals surface area contributed by atoms with Crippen molar-refractivity contribution in [1.29, 1.82) is 0 Å². The van der Waals surface area contributed by atoms with Gasteiger partial charge in [-0.3, -0.25) is 4.79 Å². The Balaban J connectivity index is 1.58. The van der Waals surface area contributed by atoms with Crippen molar-refractivity contribution in [2.75, 3.05) is 11.9 Å². The molecule has 1 aliphatic rings. The SMILES string of the molecule is Cc1ccc(-n2nccc2NC(=O)CCC2CCCCO2)nn1. The van der Waals surface area contributed by atoms with E-state index in [4.69, 9.17) is 4.74 Å². The molecular formula is C16H21N5O2. The van der Waals surface area contributed by atoms with Gasteiger partial charge in [0, 0.05) is 19.1 Å². The molecule has 1 saturated heterocycles. The lowest BCUT2D eigenvalue weighted by Crippen LogP contribution is -2.22. The normalized spacial score (nSPS) is 17.9. The molecule has 0 spiro atoms. The average Bonchev–Trinajstić information content (AvgIpc) is 3.03. The van der Waals surface area contributed by atoms with Gasteiger partial charge in [-0.05, 0) is 44.7 Å². The molecule has 3 heterocycles. The van der Waals surface area contributed by atoms with Crippen LogP contribution in [0.3, 0.4) is 0 Å². The first-order chi connectivity index (χ1) is 11.2. The fourth-order valence-electron chi connectivity index (χ4n) is 2.62. The van der Waals surface area contributed by atoms with E-state index in [2.05, 4.69) is 20.6 Å². The highest BCUT2D eigenvalue weighted by atomic mass is 16.5. The van der Waals surface area contributed by atoms with Gasteiger partial charge in [0.25, 0.3) is 0 Å². The van der Waals surface area contributed by atoms with Crippen LogP contribution < -0.4 is 5.32 Å². The average molecular weight is 315 g/mol. The molecule has 1 N–H and O–H groups in total. The quantitative estimate of drug-likeness (QED) is 0.915. The number of aryl methyl sites for hydroxylation is 1. The third-order valence-electron chi connectivity index (χ3n) is 3.88. The molecule has 0 bridgehead atoms. The van der Waals surface area contributed by atoms with Gasteiger partial charge < -0.3 is 10.1 Å². The van der Waals surface area contributed by atoms with Crippen LogP contribution in [0.5, 0.6) is 0 Å². The van der Waals surface area contributed by atoms with Crippen LogP contribution in [-0.4, -0.2) is 38.6 Å². The number of hydrogen-bond acceptors (Lipinski definition) is 5. The lowest BCUT2D eigenvalue weighted by Gasteiger charge is -2.22. The van der Waals surface area contributed by atoms with Crippen molar-refractivity contribution in [3.8, 4) is 5.82 Å². The highest BCUT2D eigenvalue weighted by molar-refractivity contribution is 5.90. The molecule has 7 heteroatoms. The smallest absolute Gasteiger partial charge is 0.225 e. The molecule has 2 aromatic rings. The van der Waals surface area contributed by atoms with Crippen LogP contribution in [-0.2, 0) is 9.53 Å². The van der Waals surface area contributed by atoms with Gasteiger partial charge in [0.1, 0.15) is 5.82 Å². The van der Waals surface area contributed by atoms with Gasteiger partial charge in [0.2, 0.25) is 5.91 Å². The van der Waals surface area contributed by atoms with Crippen LogP contribution in [0.25, 0.3) is 5.82 Å². The number of hydrogen-bond donors (Lipinski definition) is 1. The number of aromatic nitrogens is 4. The summed E-state index contributed by atoms with van der Waals surface area (Å²) in [5, 5.41) is 15.2. The van der Waals surface area contributed by atoms with Crippen molar-refractivity contribution in [2.24, 2.45) is 0 Å². The number of amides is 1. The second kappa shape index (κ2) is 7.32. The van der Waals surface area contributed by atoms with Crippen molar-refractivity contribution in [3.05, 3.63) is 30.1 Å². The van der Waals surface area contributed by atoms with Crippen LogP contribution >= 0.6 is 0 Å². The zero-order chi connectivity index (χ0) is 16.1. The molecule has 0 aliphatic carbocycles. The summed E-state index contributed by atoms with van der Waals surface area (Å²) in [6.07, 6.45) is 6.39.